The second kappa shape index (κ2) is 15.6. The molecular formula is C20H35NO2S2. The van der Waals surface area contributed by atoms with E-state index >= 15 is 0 Å². The molecule has 0 aromatic rings. The van der Waals surface area contributed by atoms with E-state index in [0.717, 1.165) is 17.0 Å². The monoisotopic (exact) mass is 385 g/mol. The van der Waals surface area contributed by atoms with E-state index < -0.39 is 10.7 Å². The van der Waals surface area contributed by atoms with Gasteiger partial charge in [-0.15, -0.1) is 0 Å². The quantitative estimate of drug-likeness (QED) is 0.231. The van der Waals surface area contributed by atoms with Gasteiger partial charge in [0.15, 0.2) is 0 Å². The first-order chi connectivity index (χ1) is 12.0. The van der Waals surface area contributed by atoms with E-state index in [1.807, 2.05) is 6.92 Å². The van der Waals surface area contributed by atoms with Crippen LogP contribution in [0.2, 0.25) is 0 Å². The van der Waals surface area contributed by atoms with Crippen LogP contribution >= 0.6 is 24.0 Å². The van der Waals surface area contributed by atoms with Gasteiger partial charge in [0.05, 0.1) is 6.07 Å². The van der Waals surface area contributed by atoms with Gasteiger partial charge in [-0.25, -0.2) is 0 Å². The molecule has 0 amide bonds. The Labute approximate surface area is 164 Å². The topological polar surface area (TPSA) is 61.1 Å². The van der Waals surface area contributed by atoms with Gasteiger partial charge in [0.25, 0.3) is 0 Å². The molecule has 144 valence electrons. The minimum Gasteiger partial charge on any atom is -0.481 e. The lowest BCUT2D eigenvalue weighted by Crippen LogP contribution is -2.24. The zero-order valence-corrected chi connectivity index (χ0v) is 17.7. The maximum Gasteiger partial charge on any atom is 0.303 e. The standard InChI is InChI=1S/C20H35NO2S2/c1-3-5-6-7-8-9-10-11-12-13-14-19(24)25-20(4-2,17-21)16-15-18(22)23/h3-16H2,1-2H3,(H,22,23). The molecule has 0 heterocycles. The van der Waals surface area contributed by atoms with Gasteiger partial charge in [0, 0.05) is 10.6 Å². The number of thioether (sulfide) groups is 1. The van der Waals surface area contributed by atoms with E-state index in [0.29, 0.717) is 12.8 Å². The van der Waals surface area contributed by atoms with Gasteiger partial charge in [-0.1, -0.05) is 95.6 Å². The summed E-state index contributed by atoms with van der Waals surface area (Å²) in [7, 11) is 0. The maximum absolute atomic E-state index is 10.8. The highest BCUT2D eigenvalue weighted by molar-refractivity contribution is 8.24. The molecule has 0 aromatic carbocycles. The summed E-state index contributed by atoms with van der Waals surface area (Å²) in [6, 6.07) is 2.30. The number of rotatable bonds is 16. The first-order valence-corrected chi connectivity index (χ1v) is 11.1. The molecule has 0 rings (SSSR count). The SMILES string of the molecule is CCCCCCCCCCCCC(=S)SC(C#N)(CC)CCC(=O)O. The van der Waals surface area contributed by atoms with Crippen LogP contribution in [0, 0.1) is 11.3 Å². The summed E-state index contributed by atoms with van der Waals surface area (Å²) in [6.45, 7) is 4.18. The van der Waals surface area contributed by atoms with Crippen molar-refractivity contribution in [2.75, 3.05) is 0 Å². The molecule has 0 radical (unpaired) electrons. The molecule has 25 heavy (non-hydrogen) atoms. The summed E-state index contributed by atoms with van der Waals surface area (Å²) in [5, 5.41) is 18.3. The Morgan fingerprint density at radius 1 is 1.00 bits per heavy atom. The minimum atomic E-state index is -0.853. The molecular weight excluding hydrogens is 350 g/mol. The first kappa shape index (κ1) is 24.4. The van der Waals surface area contributed by atoms with Crippen molar-refractivity contribution in [2.24, 2.45) is 0 Å². The minimum absolute atomic E-state index is 0.0231. The summed E-state index contributed by atoms with van der Waals surface area (Å²) in [4.78, 5) is 10.8. The summed E-state index contributed by atoms with van der Waals surface area (Å²) in [5.41, 5.74) is 0. The van der Waals surface area contributed by atoms with Crippen LogP contribution in [0.1, 0.15) is 104 Å². The van der Waals surface area contributed by atoms with Crippen molar-refractivity contribution in [2.45, 2.75) is 108 Å². The number of thiocarbonyl (C=S) groups is 1. The predicted octanol–water partition coefficient (Wildman–Crippen LogP) is 6.90. The van der Waals surface area contributed by atoms with E-state index in [1.54, 1.807) is 0 Å². The zero-order chi connectivity index (χ0) is 19.0. The van der Waals surface area contributed by atoms with Gasteiger partial charge in [0.2, 0.25) is 0 Å². The van der Waals surface area contributed by atoms with Crippen LogP contribution in [0.25, 0.3) is 0 Å². The normalized spacial score (nSPS) is 13.2. The van der Waals surface area contributed by atoms with Gasteiger partial charge in [0.1, 0.15) is 4.75 Å². The molecule has 0 saturated carbocycles. The van der Waals surface area contributed by atoms with Crippen molar-refractivity contribution in [3.05, 3.63) is 0 Å². The summed E-state index contributed by atoms with van der Waals surface area (Å²) in [5.74, 6) is -0.853. The van der Waals surface area contributed by atoms with E-state index in [4.69, 9.17) is 17.3 Å². The summed E-state index contributed by atoms with van der Waals surface area (Å²) in [6.07, 6.45) is 14.8. The van der Waals surface area contributed by atoms with Crippen molar-refractivity contribution in [1.29, 1.82) is 5.26 Å². The van der Waals surface area contributed by atoms with Crippen molar-refractivity contribution in [3.8, 4) is 6.07 Å². The number of unbranched alkanes of at least 4 members (excludes halogenated alkanes) is 9. The van der Waals surface area contributed by atoms with Crippen LogP contribution in [0.15, 0.2) is 0 Å². The number of nitriles is 1. The molecule has 1 unspecified atom stereocenters. The largest absolute Gasteiger partial charge is 0.481 e. The smallest absolute Gasteiger partial charge is 0.303 e. The average Bonchev–Trinajstić information content (AvgIpc) is 2.60. The van der Waals surface area contributed by atoms with Gasteiger partial charge in [-0.05, 0) is 25.7 Å². The molecule has 0 fully saturated rings. The highest BCUT2D eigenvalue weighted by Gasteiger charge is 2.30. The van der Waals surface area contributed by atoms with Crippen molar-refractivity contribution < 1.29 is 9.90 Å². The van der Waals surface area contributed by atoms with E-state index in [1.165, 1.54) is 69.5 Å². The number of carboxylic acids is 1. The van der Waals surface area contributed by atoms with Crippen LogP contribution in [-0.4, -0.2) is 20.0 Å². The molecule has 0 aliphatic carbocycles. The van der Waals surface area contributed by atoms with Gasteiger partial charge in [-0.2, -0.15) is 5.26 Å². The number of carboxylic acid groups (broad SMARTS) is 1. The number of nitrogens with zero attached hydrogens (tertiary/aromatic N) is 1. The van der Waals surface area contributed by atoms with Crippen LogP contribution in [0.4, 0.5) is 0 Å². The fourth-order valence-electron chi connectivity index (χ4n) is 2.79. The Kier molecular flexibility index (Phi) is 15.3. The molecule has 3 nitrogen and oxygen atoms in total. The summed E-state index contributed by atoms with van der Waals surface area (Å²) < 4.78 is 0.182. The Morgan fingerprint density at radius 2 is 1.52 bits per heavy atom. The fraction of sp³-hybridized carbons (Fsp3) is 0.850. The first-order valence-electron chi connectivity index (χ1n) is 9.84. The van der Waals surface area contributed by atoms with Gasteiger partial charge in [-0.3, -0.25) is 4.79 Å². The van der Waals surface area contributed by atoms with E-state index in [2.05, 4.69) is 13.0 Å². The third kappa shape index (κ3) is 13.3. The van der Waals surface area contributed by atoms with Crippen molar-refractivity contribution in [3.63, 3.8) is 0 Å². The zero-order valence-electron chi connectivity index (χ0n) is 16.0. The van der Waals surface area contributed by atoms with Crippen LogP contribution in [0.5, 0.6) is 0 Å². The molecule has 5 heteroatoms. The molecule has 0 aliphatic heterocycles. The van der Waals surface area contributed by atoms with E-state index in [9.17, 15) is 10.1 Å². The van der Waals surface area contributed by atoms with Crippen molar-refractivity contribution in [1.82, 2.24) is 0 Å². The highest BCUT2D eigenvalue weighted by Crippen LogP contribution is 2.35. The van der Waals surface area contributed by atoms with Gasteiger partial charge < -0.3 is 5.11 Å². The maximum atomic E-state index is 10.8. The lowest BCUT2D eigenvalue weighted by atomic mass is 10.0. The highest BCUT2D eigenvalue weighted by atomic mass is 32.2. The van der Waals surface area contributed by atoms with Crippen molar-refractivity contribution >= 4 is 34.1 Å². The average molecular weight is 386 g/mol. The number of hydrogen-bond acceptors (Lipinski definition) is 4. The molecule has 1 N–H and O–H groups in total. The number of hydrogen-bond donors (Lipinski definition) is 1. The molecule has 1 atom stereocenters. The Morgan fingerprint density at radius 3 is 1.96 bits per heavy atom. The third-order valence-electron chi connectivity index (χ3n) is 4.56. The number of aliphatic carboxylic acids is 1. The third-order valence-corrected chi connectivity index (χ3v) is 6.42. The second-order valence-electron chi connectivity index (χ2n) is 6.76. The Balaban J connectivity index is 3.83. The van der Waals surface area contributed by atoms with Gasteiger partial charge >= 0.3 is 5.97 Å². The summed E-state index contributed by atoms with van der Waals surface area (Å²) >= 11 is 6.86. The number of carbonyl (C=O) groups is 1. The lowest BCUT2D eigenvalue weighted by molar-refractivity contribution is -0.137. The Hall–Kier alpha value is -0.600. The molecule has 0 bridgehead atoms. The molecule has 0 aromatic heterocycles. The molecule has 0 spiro atoms. The second-order valence-corrected chi connectivity index (χ2v) is 8.99. The molecule has 0 saturated heterocycles. The van der Waals surface area contributed by atoms with E-state index in [-0.39, 0.29) is 6.42 Å². The lowest BCUT2D eigenvalue weighted by Gasteiger charge is -2.24. The Bertz CT molecular complexity index is 420. The van der Waals surface area contributed by atoms with Crippen LogP contribution < -0.4 is 0 Å². The van der Waals surface area contributed by atoms with Crippen LogP contribution in [-0.2, 0) is 4.79 Å². The predicted molar refractivity (Wildman–Crippen MR) is 112 cm³/mol. The van der Waals surface area contributed by atoms with Crippen LogP contribution in [0.3, 0.4) is 0 Å². The fourth-order valence-corrected chi connectivity index (χ4v) is 4.49. The molecule has 0 aliphatic rings.